The highest BCUT2D eigenvalue weighted by molar-refractivity contribution is 7.79. The second kappa shape index (κ2) is 5.56. The second-order valence-electron chi connectivity index (χ2n) is 3.45. The average molecular weight is 231 g/mol. The fourth-order valence-corrected chi connectivity index (χ4v) is 1.55. The van der Waals surface area contributed by atoms with Crippen LogP contribution in [0.1, 0.15) is 11.1 Å². The Bertz CT molecular complexity index is 427. The number of nitrogens with zero attached hydrogens (tertiary/aromatic N) is 1. The van der Waals surface area contributed by atoms with Crippen molar-refractivity contribution >= 4 is 12.6 Å². The van der Waals surface area contributed by atoms with Crippen LogP contribution in [0.25, 0.3) is 0 Å². The number of ether oxygens (including phenoxy) is 1. The van der Waals surface area contributed by atoms with Gasteiger partial charge in [0.25, 0.3) is 0 Å². The van der Waals surface area contributed by atoms with Crippen molar-refractivity contribution in [3.63, 3.8) is 0 Å². The molecule has 0 fully saturated rings. The Morgan fingerprint density at radius 1 is 1.06 bits per heavy atom. The van der Waals surface area contributed by atoms with Crippen molar-refractivity contribution in [3.8, 4) is 5.75 Å². The van der Waals surface area contributed by atoms with Gasteiger partial charge < -0.3 is 4.74 Å². The van der Waals surface area contributed by atoms with Gasteiger partial charge in [-0.1, -0.05) is 24.3 Å². The van der Waals surface area contributed by atoms with E-state index in [9.17, 15) is 0 Å². The van der Waals surface area contributed by atoms with E-state index in [0.717, 1.165) is 17.1 Å². The van der Waals surface area contributed by atoms with Gasteiger partial charge in [0, 0.05) is 11.9 Å². The topological polar surface area (TPSA) is 22.1 Å². The zero-order valence-electron chi connectivity index (χ0n) is 8.84. The molecule has 0 N–H and O–H groups in total. The normalized spacial score (nSPS) is 10.1. The molecule has 2 aromatic rings. The third kappa shape index (κ3) is 3.00. The van der Waals surface area contributed by atoms with Crippen LogP contribution < -0.4 is 4.74 Å². The maximum atomic E-state index is 5.58. The highest BCUT2D eigenvalue weighted by Crippen LogP contribution is 2.11. The van der Waals surface area contributed by atoms with Crippen molar-refractivity contribution in [3.05, 3.63) is 59.9 Å². The van der Waals surface area contributed by atoms with Gasteiger partial charge >= 0.3 is 0 Å². The summed E-state index contributed by atoms with van der Waals surface area (Å²) in [5, 5.41) is 0. The summed E-state index contributed by atoms with van der Waals surface area (Å²) < 4.78 is 5.58. The third-order valence-corrected chi connectivity index (χ3v) is 2.61. The Morgan fingerprint density at radius 3 is 2.44 bits per heavy atom. The molecule has 1 heterocycles. The Hall–Kier alpha value is -1.48. The van der Waals surface area contributed by atoms with Crippen molar-refractivity contribution < 1.29 is 4.74 Å². The van der Waals surface area contributed by atoms with Crippen LogP contribution in [0, 0.1) is 0 Å². The monoisotopic (exact) mass is 231 g/mol. The molecule has 2 rings (SSSR count). The highest BCUT2D eigenvalue weighted by Gasteiger charge is 1.96. The lowest BCUT2D eigenvalue weighted by Crippen LogP contribution is -1.95. The smallest absolute Gasteiger partial charge is 0.138 e. The molecule has 0 bridgehead atoms. The van der Waals surface area contributed by atoms with E-state index in [1.165, 1.54) is 5.56 Å². The van der Waals surface area contributed by atoms with Crippen molar-refractivity contribution in [1.29, 1.82) is 0 Å². The number of thiol groups is 1. The maximum Gasteiger partial charge on any atom is 0.138 e. The summed E-state index contributed by atoms with van der Waals surface area (Å²) >= 11 is 4.21. The lowest BCUT2D eigenvalue weighted by molar-refractivity contribution is 0.305. The SMILES string of the molecule is SCc1ccc(COc2cccnc2)cc1. The molecule has 0 radical (unpaired) electrons. The fraction of sp³-hybridized carbons (Fsp3) is 0.154. The molecular formula is C13H13NOS. The van der Waals surface area contributed by atoms with E-state index >= 15 is 0 Å². The quantitative estimate of drug-likeness (QED) is 0.817. The van der Waals surface area contributed by atoms with Crippen molar-refractivity contribution in [1.82, 2.24) is 4.98 Å². The zero-order valence-corrected chi connectivity index (χ0v) is 9.73. The van der Waals surface area contributed by atoms with Gasteiger partial charge in [-0.2, -0.15) is 12.6 Å². The number of hydrogen-bond acceptors (Lipinski definition) is 3. The van der Waals surface area contributed by atoms with Crippen LogP contribution in [0.5, 0.6) is 5.75 Å². The van der Waals surface area contributed by atoms with Gasteiger partial charge in [-0.05, 0) is 23.3 Å². The van der Waals surface area contributed by atoms with Crippen LogP contribution >= 0.6 is 12.6 Å². The number of hydrogen-bond donors (Lipinski definition) is 1. The summed E-state index contributed by atoms with van der Waals surface area (Å²) in [6.45, 7) is 0.568. The summed E-state index contributed by atoms with van der Waals surface area (Å²) in [7, 11) is 0. The summed E-state index contributed by atoms with van der Waals surface area (Å²) in [6.07, 6.45) is 3.44. The minimum Gasteiger partial charge on any atom is -0.487 e. The highest BCUT2D eigenvalue weighted by atomic mass is 32.1. The predicted molar refractivity (Wildman–Crippen MR) is 67.7 cm³/mol. The van der Waals surface area contributed by atoms with Gasteiger partial charge in [0.1, 0.15) is 12.4 Å². The largest absolute Gasteiger partial charge is 0.487 e. The molecule has 0 amide bonds. The molecule has 0 aliphatic carbocycles. The molecule has 16 heavy (non-hydrogen) atoms. The minimum atomic E-state index is 0.568. The second-order valence-corrected chi connectivity index (χ2v) is 3.77. The molecule has 1 aromatic heterocycles. The van der Waals surface area contributed by atoms with E-state index in [0.29, 0.717) is 6.61 Å². The number of aromatic nitrogens is 1. The molecule has 0 unspecified atom stereocenters. The molecule has 0 aliphatic heterocycles. The van der Waals surface area contributed by atoms with Crippen LogP contribution in [0.3, 0.4) is 0 Å². The number of rotatable bonds is 4. The first-order chi connectivity index (χ1) is 7.88. The lowest BCUT2D eigenvalue weighted by atomic mass is 10.2. The number of benzene rings is 1. The van der Waals surface area contributed by atoms with Crippen LogP contribution in [0.2, 0.25) is 0 Å². The molecule has 0 saturated heterocycles. The Balaban J connectivity index is 1.94. The van der Waals surface area contributed by atoms with E-state index in [4.69, 9.17) is 4.74 Å². The van der Waals surface area contributed by atoms with E-state index in [1.807, 2.05) is 12.1 Å². The fourth-order valence-electron chi connectivity index (χ4n) is 1.34. The molecule has 0 aliphatic rings. The molecular weight excluding hydrogens is 218 g/mol. The molecule has 0 saturated carbocycles. The molecule has 0 spiro atoms. The van der Waals surface area contributed by atoms with E-state index in [-0.39, 0.29) is 0 Å². The van der Waals surface area contributed by atoms with Gasteiger partial charge in [-0.3, -0.25) is 4.98 Å². The zero-order chi connectivity index (χ0) is 11.2. The van der Waals surface area contributed by atoms with Gasteiger partial charge in [-0.25, -0.2) is 0 Å². The van der Waals surface area contributed by atoms with Crippen molar-refractivity contribution in [2.45, 2.75) is 12.4 Å². The Labute approximate surface area is 101 Å². The summed E-state index contributed by atoms with van der Waals surface area (Å²) in [6, 6.07) is 12.0. The van der Waals surface area contributed by atoms with Crippen LogP contribution in [0.4, 0.5) is 0 Å². The molecule has 82 valence electrons. The van der Waals surface area contributed by atoms with Gasteiger partial charge in [0.05, 0.1) is 6.20 Å². The predicted octanol–water partition coefficient (Wildman–Crippen LogP) is 3.09. The van der Waals surface area contributed by atoms with Crippen LogP contribution in [-0.2, 0) is 12.4 Å². The average Bonchev–Trinajstić information content (AvgIpc) is 2.38. The minimum absolute atomic E-state index is 0.568. The van der Waals surface area contributed by atoms with Crippen molar-refractivity contribution in [2.24, 2.45) is 0 Å². The maximum absolute atomic E-state index is 5.58. The standard InChI is InChI=1S/C13H13NOS/c16-10-12-5-3-11(4-6-12)9-15-13-2-1-7-14-8-13/h1-8,16H,9-10H2. The van der Waals surface area contributed by atoms with E-state index in [2.05, 4.69) is 41.9 Å². The first kappa shape index (κ1) is 11.0. The molecule has 1 aromatic carbocycles. The Kier molecular flexibility index (Phi) is 3.83. The van der Waals surface area contributed by atoms with Crippen LogP contribution in [-0.4, -0.2) is 4.98 Å². The van der Waals surface area contributed by atoms with E-state index in [1.54, 1.807) is 12.4 Å². The van der Waals surface area contributed by atoms with E-state index < -0.39 is 0 Å². The van der Waals surface area contributed by atoms with Crippen LogP contribution in [0.15, 0.2) is 48.8 Å². The number of pyridine rings is 1. The first-order valence-electron chi connectivity index (χ1n) is 5.10. The lowest BCUT2D eigenvalue weighted by Gasteiger charge is -2.05. The van der Waals surface area contributed by atoms with Gasteiger partial charge in [-0.15, -0.1) is 0 Å². The molecule has 0 atom stereocenters. The molecule has 2 nitrogen and oxygen atoms in total. The summed E-state index contributed by atoms with van der Waals surface area (Å²) in [4.78, 5) is 3.99. The van der Waals surface area contributed by atoms with Gasteiger partial charge in [0.2, 0.25) is 0 Å². The summed E-state index contributed by atoms with van der Waals surface area (Å²) in [5.41, 5.74) is 2.36. The third-order valence-electron chi connectivity index (χ3n) is 2.25. The van der Waals surface area contributed by atoms with Crippen molar-refractivity contribution in [2.75, 3.05) is 0 Å². The van der Waals surface area contributed by atoms with Gasteiger partial charge in [0.15, 0.2) is 0 Å². The summed E-state index contributed by atoms with van der Waals surface area (Å²) in [5.74, 6) is 1.56. The first-order valence-corrected chi connectivity index (χ1v) is 5.73. The molecule has 3 heteroatoms. The Morgan fingerprint density at radius 2 is 1.81 bits per heavy atom.